The zero-order valence-corrected chi connectivity index (χ0v) is 28.7. The van der Waals surface area contributed by atoms with Gasteiger partial charge in [-0.25, -0.2) is 14.4 Å². The van der Waals surface area contributed by atoms with Gasteiger partial charge in [-0.15, -0.1) is 0 Å². The number of likely N-dealkylation sites (tertiary alicyclic amines) is 1. The van der Waals surface area contributed by atoms with Crippen molar-refractivity contribution in [2.45, 2.75) is 84.3 Å². The number of carbonyl (C=O) groups excluding carboxylic acids is 5. The number of aldehydes is 1. The lowest BCUT2D eigenvalue weighted by atomic mass is 9.99. The van der Waals surface area contributed by atoms with Crippen LogP contribution in [-0.4, -0.2) is 93.9 Å². The summed E-state index contributed by atoms with van der Waals surface area (Å²) < 4.78 is 6.08. The second-order valence-electron chi connectivity index (χ2n) is 12.8. The number of aromatic carboxylic acids is 2. The van der Waals surface area contributed by atoms with Gasteiger partial charge in [0.25, 0.3) is 0 Å². The van der Waals surface area contributed by atoms with Gasteiger partial charge in [0.05, 0.1) is 29.9 Å². The van der Waals surface area contributed by atoms with Gasteiger partial charge in [0.15, 0.2) is 0 Å². The van der Waals surface area contributed by atoms with Gasteiger partial charge in [-0.3, -0.25) is 14.4 Å². The molecule has 0 unspecified atom stereocenters. The van der Waals surface area contributed by atoms with E-state index in [4.69, 9.17) is 4.74 Å². The number of anilines is 1. The molecule has 2 aromatic carbocycles. The fourth-order valence-corrected chi connectivity index (χ4v) is 5.44. The first kappa shape index (κ1) is 39.1. The molecular weight excluding hydrogens is 650 g/mol. The molecule has 0 radical (unpaired) electrons. The Labute approximate surface area is 290 Å². The molecule has 3 rings (SSSR count). The molecule has 1 fully saturated rings. The Balaban J connectivity index is 1.79. The molecule has 15 heteroatoms. The van der Waals surface area contributed by atoms with Crippen LogP contribution in [-0.2, 0) is 30.5 Å². The number of carboxylic acids is 2. The summed E-state index contributed by atoms with van der Waals surface area (Å²) in [5, 5.41) is 29.0. The third-order valence-electron chi connectivity index (χ3n) is 8.26. The fraction of sp³-hybridized carbons (Fsp3) is 0.457. The van der Waals surface area contributed by atoms with Gasteiger partial charge in [-0.05, 0) is 42.0 Å². The van der Waals surface area contributed by atoms with Gasteiger partial charge < -0.3 is 45.9 Å². The van der Waals surface area contributed by atoms with E-state index >= 15 is 0 Å². The monoisotopic (exact) mass is 695 g/mol. The van der Waals surface area contributed by atoms with Crippen molar-refractivity contribution in [2.24, 2.45) is 11.8 Å². The van der Waals surface area contributed by atoms with E-state index in [1.807, 2.05) is 30.3 Å². The van der Waals surface area contributed by atoms with Crippen LogP contribution in [0.2, 0.25) is 0 Å². The smallest absolute Gasteiger partial charge is 0.335 e. The van der Waals surface area contributed by atoms with E-state index in [0.29, 0.717) is 12.7 Å². The number of urea groups is 1. The van der Waals surface area contributed by atoms with Crippen molar-refractivity contribution in [2.75, 3.05) is 11.9 Å². The number of carboxylic acid groups (broad SMARTS) is 2. The van der Waals surface area contributed by atoms with E-state index < -0.39 is 77.8 Å². The lowest BCUT2D eigenvalue weighted by Crippen LogP contribution is -2.59. The molecule has 1 aliphatic rings. The number of hydrogen-bond donors (Lipinski definition) is 6. The summed E-state index contributed by atoms with van der Waals surface area (Å²) in [4.78, 5) is 89.9. The summed E-state index contributed by atoms with van der Waals surface area (Å²) >= 11 is 0. The topological polar surface area (TPSA) is 221 Å². The molecule has 0 aliphatic carbocycles. The highest BCUT2D eigenvalue weighted by atomic mass is 16.5. The molecule has 50 heavy (non-hydrogen) atoms. The van der Waals surface area contributed by atoms with Crippen molar-refractivity contribution in [1.29, 1.82) is 0 Å². The molecule has 0 aromatic heterocycles. The van der Waals surface area contributed by atoms with Gasteiger partial charge >= 0.3 is 18.0 Å². The van der Waals surface area contributed by atoms with E-state index in [-0.39, 0.29) is 36.4 Å². The van der Waals surface area contributed by atoms with E-state index in [0.717, 1.165) is 23.8 Å². The lowest BCUT2D eigenvalue weighted by Gasteiger charge is -2.32. The second-order valence-corrected chi connectivity index (χ2v) is 12.8. The summed E-state index contributed by atoms with van der Waals surface area (Å²) in [5.41, 5.74) is 0.0512. The van der Waals surface area contributed by atoms with Crippen LogP contribution >= 0.6 is 0 Å². The lowest BCUT2D eigenvalue weighted by molar-refractivity contribution is -0.143. The van der Waals surface area contributed by atoms with Gasteiger partial charge in [-0.2, -0.15) is 0 Å². The average Bonchev–Trinajstić information content (AvgIpc) is 3.51. The fourth-order valence-electron chi connectivity index (χ4n) is 5.44. The summed E-state index contributed by atoms with van der Waals surface area (Å²) in [6.07, 6.45) is 0.645. The SMILES string of the molecule is CC[C@@H](C=O)NC(=O)[C@@H]1C[C@@H](OCc2ccccc2)CN1C(=O)[C@@H](NC(=O)[C@@H](NC(=O)Nc1cc(C(=O)O)cc(C(=O)O)c1)C(C)C)C(C)C. The minimum Gasteiger partial charge on any atom is -0.478 e. The first-order valence-electron chi connectivity index (χ1n) is 16.4. The van der Waals surface area contributed by atoms with Crippen LogP contribution in [0.3, 0.4) is 0 Å². The first-order valence-corrected chi connectivity index (χ1v) is 16.4. The van der Waals surface area contributed by atoms with Gasteiger partial charge in [0, 0.05) is 18.7 Å². The average molecular weight is 696 g/mol. The molecule has 270 valence electrons. The third-order valence-corrected chi connectivity index (χ3v) is 8.26. The Bertz CT molecular complexity index is 1530. The Morgan fingerprint density at radius 1 is 0.880 bits per heavy atom. The standard InChI is InChI=1S/C35H45N5O10/c1-6-24(17-41)36-30(42)27-15-26(50-18-21-10-8-7-9-11-21)16-40(27)32(44)29(20(4)5)38-31(43)28(19(2)3)39-35(49)37-25-13-22(33(45)46)12-23(14-25)34(47)48/h7-14,17,19-20,24,26-29H,6,15-16,18H2,1-5H3,(H,36,42)(H,38,43)(H,45,46)(H,47,48)(H2,37,39,49)/t24-,26+,27-,28-,29-/m0/s1. The molecular formula is C35H45N5O10. The minimum absolute atomic E-state index is 0.0583. The van der Waals surface area contributed by atoms with Crippen molar-refractivity contribution < 1.29 is 48.5 Å². The van der Waals surface area contributed by atoms with Gasteiger partial charge in [0.2, 0.25) is 17.7 Å². The normalized spacial score (nSPS) is 17.4. The van der Waals surface area contributed by atoms with Crippen molar-refractivity contribution in [3.05, 3.63) is 65.2 Å². The predicted octanol–water partition coefficient (Wildman–Crippen LogP) is 2.65. The maximum atomic E-state index is 14.1. The Morgan fingerprint density at radius 3 is 2.00 bits per heavy atom. The number of carbonyl (C=O) groups is 7. The zero-order chi connectivity index (χ0) is 37.1. The van der Waals surface area contributed by atoms with E-state index in [9.17, 15) is 43.8 Å². The highest BCUT2D eigenvalue weighted by Crippen LogP contribution is 2.25. The van der Waals surface area contributed by atoms with E-state index in [1.165, 1.54) is 4.90 Å². The maximum Gasteiger partial charge on any atom is 0.335 e. The minimum atomic E-state index is -1.40. The summed E-state index contributed by atoms with van der Waals surface area (Å²) in [6.45, 7) is 8.82. The highest BCUT2D eigenvalue weighted by Gasteiger charge is 2.44. The molecule has 1 saturated heterocycles. The number of nitrogens with zero attached hydrogens (tertiary/aromatic N) is 1. The molecule has 0 spiro atoms. The second kappa shape index (κ2) is 17.9. The number of ether oxygens (including phenoxy) is 1. The molecule has 5 atom stereocenters. The van der Waals surface area contributed by atoms with Crippen LogP contribution in [0.1, 0.15) is 73.7 Å². The van der Waals surface area contributed by atoms with E-state index in [2.05, 4.69) is 21.3 Å². The largest absolute Gasteiger partial charge is 0.478 e. The van der Waals surface area contributed by atoms with Gasteiger partial charge in [0.1, 0.15) is 24.4 Å². The Morgan fingerprint density at radius 2 is 1.48 bits per heavy atom. The number of nitrogens with one attached hydrogen (secondary N) is 4. The summed E-state index contributed by atoms with van der Waals surface area (Å²) in [7, 11) is 0. The molecule has 0 bridgehead atoms. The predicted molar refractivity (Wildman–Crippen MR) is 181 cm³/mol. The van der Waals surface area contributed by atoms with Crippen LogP contribution < -0.4 is 21.3 Å². The van der Waals surface area contributed by atoms with Gasteiger partial charge in [-0.1, -0.05) is 65.0 Å². The quantitative estimate of drug-likeness (QED) is 0.141. The molecule has 15 nitrogen and oxygen atoms in total. The van der Waals surface area contributed by atoms with Crippen LogP contribution in [0.15, 0.2) is 48.5 Å². The first-order chi connectivity index (χ1) is 23.6. The molecule has 1 heterocycles. The maximum absolute atomic E-state index is 14.1. The van der Waals surface area contributed by atoms with Crippen molar-refractivity contribution in [1.82, 2.24) is 20.9 Å². The molecule has 5 amide bonds. The third kappa shape index (κ3) is 10.6. The Hall–Kier alpha value is -5.31. The molecule has 1 aliphatic heterocycles. The van der Waals surface area contributed by atoms with Crippen molar-refractivity contribution in [3.63, 3.8) is 0 Å². The zero-order valence-electron chi connectivity index (χ0n) is 28.7. The number of amides is 5. The number of benzene rings is 2. The van der Waals surface area contributed by atoms with Crippen LogP contribution in [0.5, 0.6) is 0 Å². The molecule has 2 aromatic rings. The summed E-state index contributed by atoms with van der Waals surface area (Å²) in [5.74, 6) is -5.50. The van der Waals surface area contributed by atoms with Crippen LogP contribution in [0, 0.1) is 11.8 Å². The number of hydrogen-bond acceptors (Lipinski definition) is 8. The summed E-state index contributed by atoms with van der Waals surface area (Å²) in [6, 6.07) is 7.56. The van der Waals surface area contributed by atoms with Crippen molar-refractivity contribution >= 4 is 47.7 Å². The molecule has 6 N–H and O–H groups in total. The van der Waals surface area contributed by atoms with Crippen LogP contribution in [0.4, 0.5) is 10.5 Å². The molecule has 0 saturated carbocycles. The van der Waals surface area contributed by atoms with E-state index in [1.54, 1.807) is 34.6 Å². The highest BCUT2D eigenvalue weighted by molar-refractivity contribution is 6.00. The number of rotatable bonds is 16. The van der Waals surface area contributed by atoms with Crippen molar-refractivity contribution in [3.8, 4) is 0 Å². The Kier molecular flexibility index (Phi) is 14.0. The van der Waals surface area contributed by atoms with Crippen LogP contribution in [0.25, 0.3) is 0 Å².